The van der Waals surface area contributed by atoms with Gasteiger partial charge in [-0.15, -0.1) is 11.3 Å². The average Bonchev–Trinajstić information content (AvgIpc) is 3.06. The van der Waals surface area contributed by atoms with Crippen molar-refractivity contribution in [3.63, 3.8) is 0 Å². The van der Waals surface area contributed by atoms with Crippen LogP contribution >= 0.6 is 11.3 Å². The molecule has 28 heavy (non-hydrogen) atoms. The summed E-state index contributed by atoms with van der Waals surface area (Å²) in [5, 5.41) is 2.97. The van der Waals surface area contributed by atoms with Crippen molar-refractivity contribution in [2.75, 3.05) is 18.5 Å². The fourth-order valence-electron chi connectivity index (χ4n) is 2.28. The lowest BCUT2D eigenvalue weighted by molar-refractivity contribution is -0.146. The smallest absolute Gasteiger partial charge is 0.341 e. The van der Waals surface area contributed by atoms with E-state index in [1.54, 1.807) is 13.0 Å². The number of hydrogen-bond acceptors (Lipinski definition) is 6. The Morgan fingerprint density at radius 1 is 1.14 bits per heavy atom. The first-order chi connectivity index (χ1) is 13.3. The molecule has 150 valence electrons. The lowest BCUT2D eigenvalue weighted by atomic mass is 10.1. The summed E-state index contributed by atoms with van der Waals surface area (Å²) in [6, 6.07) is 7.14. The van der Waals surface area contributed by atoms with E-state index in [0.717, 1.165) is 4.88 Å². The third-order valence-corrected chi connectivity index (χ3v) is 5.05. The number of rotatable bonds is 8. The van der Waals surface area contributed by atoms with Gasteiger partial charge in [-0.1, -0.05) is 26.0 Å². The molecule has 2 aromatic rings. The van der Waals surface area contributed by atoms with Gasteiger partial charge in [0.15, 0.2) is 6.61 Å². The van der Waals surface area contributed by atoms with Gasteiger partial charge in [-0.05, 0) is 36.6 Å². The van der Waals surface area contributed by atoms with Gasteiger partial charge in [-0.2, -0.15) is 0 Å². The van der Waals surface area contributed by atoms with E-state index in [1.165, 1.54) is 35.6 Å². The second kappa shape index (κ2) is 9.98. The van der Waals surface area contributed by atoms with Crippen molar-refractivity contribution in [2.24, 2.45) is 0 Å². The van der Waals surface area contributed by atoms with Crippen LogP contribution in [0.4, 0.5) is 9.39 Å². The van der Waals surface area contributed by atoms with Crippen LogP contribution in [0.2, 0.25) is 0 Å². The van der Waals surface area contributed by atoms with Crippen LogP contribution in [-0.4, -0.2) is 31.1 Å². The molecule has 0 aliphatic heterocycles. The van der Waals surface area contributed by atoms with E-state index in [2.05, 4.69) is 5.32 Å². The monoisotopic (exact) mass is 407 g/mol. The van der Waals surface area contributed by atoms with E-state index in [1.807, 2.05) is 13.8 Å². The van der Waals surface area contributed by atoms with E-state index >= 15 is 0 Å². The van der Waals surface area contributed by atoms with E-state index in [4.69, 9.17) is 9.47 Å². The van der Waals surface area contributed by atoms with Gasteiger partial charge >= 0.3 is 11.9 Å². The van der Waals surface area contributed by atoms with Crippen LogP contribution in [0.25, 0.3) is 0 Å². The Labute approximate surface area is 166 Å². The predicted molar refractivity (Wildman–Crippen MR) is 104 cm³/mol. The zero-order valence-electron chi connectivity index (χ0n) is 15.9. The van der Waals surface area contributed by atoms with E-state index < -0.39 is 30.3 Å². The fourth-order valence-corrected chi connectivity index (χ4v) is 3.34. The zero-order chi connectivity index (χ0) is 20.7. The van der Waals surface area contributed by atoms with Gasteiger partial charge in [0.2, 0.25) is 0 Å². The highest BCUT2D eigenvalue weighted by Gasteiger charge is 2.20. The van der Waals surface area contributed by atoms with Gasteiger partial charge in [0.25, 0.3) is 5.91 Å². The van der Waals surface area contributed by atoms with Crippen LogP contribution in [0, 0.1) is 5.82 Å². The van der Waals surface area contributed by atoms with Crippen molar-refractivity contribution in [3.8, 4) is 0 Å². The molecular weight excluding hydrogens is 385 g/mol. The van der Waals surface area contributed by atoms with Crippen LogP contribution in [0.15, 0.2) is 30.3 Å². The molecule has 0 unspecified atom stereocenters. The lowest BCUT2D eigenvalue weighted by Gasteiger charge is -2.07. The summed E-state index contributed by atoms with van der Waals surface area (Å²) in [5.41, 5.74) is 0.859. The molecule has 0 saturated heterocycles. The zero-order valence-corrected chi connectivity index (χ0v) is 16.7. The molecule has 0 fully saturated rings. The first kappa shape index (κ1) is 21.6. The molecule has 1 amide bonds. The molecule has 1 aromatic heterocycles. The molecular formula is C20H22FNO5S. The number of nitrogens with one attached hydrogen (secondary N) is 1. The number of benzene rings is 1. The Morgan fingerprint density at radius 3 is 2.43 bits per heavy atom. The highest BCUT2D eigenvalue weighted by molar-refractivity contribution is 7.16. The minimum absolute atomic E-state index is 0.0713. The van der Waals surface area contributed by atoms with Gasteiger partial charge in [0.05, 0.1) is 18.6 Å². The summed E-state index contributed by atoms with van der Waals surface area (Å²) in [5.74, 6) is -1.91. The Hall–Kier alpha value is -2.74. The number of carbonyl (C=O) groups is 3. The maximum atomic E-state index is 12.9. The fraction of sp³-hybridized carbons (Fsp3) is 0.350. The number of ether oxygens (including phenoxy) is 2. The quantitative estimate of drug-likeness (QED) is 0.671. The number of thiophene rings is 1. The summed E-state index contributed by atoms with van der Waals surface area (Å²) in [6.07, 6.45) is -0.0713. The van der Waals surface area contributed by atoms with Gasteiger partial charge in [0.1, 0.15) is 10.8 Å². The number of halogens is 1. The van der Waals surface area contributed by atoms with Crippen molar-refractivity contribution in [1.82, 2.24) is 0 Å². The van der Waals surface area contributed by atoms with Crippen molar-refractivity contribution < 1.29 is 28.2 Å². The molecule has 8 heteroatoms. The highest BCUT2D eigenvalue weighted by Crippen LogP contribution is 2.33. The van der Waals surface area contributed by atoms with Crippen molar-refractivity contribution in [3.05, 3.63) is 52.2 Å². The number of carbonyl (C=O) groups excluding carboxylic acids is 3. The summed E-state index contributed by atoms with van der Waals surface area (Å²) >= 11 is 1.28. The third-order valence-electron chi connectivity index (χ3n) is 3.69. The number of esters is 2. The molecule has 0 bridgehead atoms. The second-order valence-electron chi connectivity index (χ2n) is 6.28. The standard InChI is InChI=1S/C20H22FNO5S/c1-4-26-20(25)15-10-16(12(2)3)28-19(15)22-17(23)11-27-18(24)9-13-5-7-14(21)8-6-13/h5-8,10,12H,4,9,11H2,1-3H3,(H,22,23). The molecule has 0 saturated carbocycles. The van der Waals surface area contributed by atoms with Crippen molar-refractivity contribution >= 4 is 34.2 Å². The maximum Gasteiger partial charge on any atom is 0.341 e. The van der Waals surface area contributed by atoms with Gasteiger partial charge in [0, 0.05) is 4.88 Å². The normalized spacial score (nSPS) is 10.6. The summed E-state index contributed by atoms with van der Waals surface area (Å²) in [6.45, 7) is 5.39. The molecule has 0 spiro atoms. The van der Waals surface area contributed by atoms with Crippen molar-refractivity contribution in [2.45, 2.75) is 33.1 Å². The highest BCUT2D eigenvalue weighted by atomic mass is 32.1. The summed E-state index contributed by atoms with van der Waals surface area (Å²) in [7, 11) is 0. The molecule has 6 nitrogen and oxygen atoms in total. The second-order valence-corrected chi connectivity index (χ2v) is 7.36. The Bertz CT molecular complexity index is 845. The van der Waals surface area contributed by atoms with Crippen LogP contribution < -0.4 is 5.32 Å². The van der Waals surface area contributed by atoms with Crippen LogP contribution in [0.5, 0.6) is 0 Å². The minimum Gasteiger partial charge on any atom is -0.462 e. The predicted octanol–water partition coefficient (Wildman–Crippen LogP) is 3.91. The Kier molecular flexibility index (Phi) is 7.69. The lowest BCUT2D eigenvalue weighted by Crippen LogP contribution is -2.22. The summed E-state index contributed by atoms with van der Waals surface area (Å²) in [4.78, 5) is 37.0. The number of amides is 1. The first-order valence-electron chi connectivity index (χ1n) is 8.81. The largest absolute Gasteiger partial charge is 0.462 e. The molecule has 2 rings (SSSR count). The average molecular weight is 407 g/mol. The molecule has 0 aliphatic carbocycles. The Balaban J connectivity index is 1.95. The molecule has 0 radical (unpaired) electrons. The van der Waals surface area contributed by atoms with Crippen LogP contribution in [0.1, 0.15) is 47.5 Å². The first-order valence-corrected chi connectivity index (χ1v) is 9.62. The van der Waals surface area contributed by atoms with Gasteiger partial charge < -0.3 is 14.8 Å². The SMILES string of the molecule is CCOC(=O)c1cc(C(C)C)sc1NC(=O)COC(=O)Cc1ccc(F)cc1. The minimum atomic E-state index is -0.610. The van der Waals surface area contributed by atoms with E-state index in [0.29, 0.717) is 10.6 Å². The third kappa shape index (κ3) is 6.16. The topological polar surface area (TPSA) is 81.7 Å². The van der Waals surface area contributed by atoms with E-state index in [-0.39, 0.29) is 24.5 Å². The molecule has 1 heterocycles. The molecule has 1 aromatic carbocycles. The van der Waals surface area contributed by atoms with Crippen LogP contribution in [0.3, 0.4) is 0 Å². The summed E-state index contributed by atoms with van der Waals surface area (Å²) < 4.78 is 22.8. The van der Waals surface area contributed by atoms with E-state index in [9.17, 15) is 18.8 Å². The van der Waals surface area contributed by atoms with Gasteiger partial charge in [-0.25, -0.2) is 9.18 Å². The number of anilines is 1. The molecule has 1 N–H and O–H groups in total. The molecule has 0 aliphatic rings. The maximum absolute atomic E-state index is 12.9. The number of hydrogen-bond donors (Lipinski definition) is 1. The van der Waals surface area contributed by atoms with Gasteiger partial charge in [-0.3, -0.25) is 9.59 Å². The van der Waals surface area contributed by atoms with Crippen LogP contribution in [-0.2, 0) is 25.5 Å². The van der Waals surface area contributed by atoms with Crippen molar-refractivity contribution in [1.29, 1.82) is 0 Å². The Morgan fingerprint density at radius 2 is 1.82 bits per heavy atom. The molecule has 0 atom stereocenters.